The standard InChI is InChI=1S/C23H19N3O3S2/c1-2-29-23(28)16-12-26(10-9-15-14-6-3-4-7-17(14)24-20(15)16)22(27)18-13-31-21(25-18)19-8-5-11-30-19/h3-8,11-13,24H,2,9-10H2,1H3. The highest BCUT2D eigenvalue weighted by Gasteiger charge is 2.28. The van der Waals surface area contributed by atoms with Crippen molar-refractivity contribution in [2.45, 2.75) is 13.3 Å². The van der Waals surface area contributed by atoms with Gasteiger partial charge in [0.25, 0.3) is 5.91 Å². The highest BCUT2D eigenvalue weighted by Crippen LogP contribution is 2.32. The Kier molecular flexibility index (Phi) is 5.17. The van der Waals surface area contributed by atoms with Crippen molar-refractivity contribution in [3.63, 3.8) is 0 Å². The molecule has 0 saturated carbocycles. The van der Waals surface area contributed by atoms with Crippen molar-refractivity contribution in [1.82, 2.24) is 14.9 Å². The summed E-state index contributed by atoms with van der Waals surface area (Å²) in [6.45, 7) is 2.48. The van der Waals surface area contributed by atoms with Gasteiger partial charge in [-0.3, -0.25) is 4.79 Å². The maximum absolute atomic E-state index is 13.3. The predicted molar refractivity (Wildman–Crippen MR) is 123 cm³/mol. The van der Waals surface area contributed by atoms with Gasteiger partial charge >= 0.3 is 5.97 Å². The van der Waals surface area contributed by atoms with Gasteiger partial charge < -0.3 is 14.6 Å². The molecule has 1 aromatic carbocycles. The number of aromatic nitrogens is 2. The van der Waals surface area contributed by atoms with Crippen LogP contribution in [0.3, 0.4) is 0 Å². The van der Waals surface area contributed by atoms with Crippen LogP contribution in [-0.4, -0.2) is 39.9 Å². The second-order valence-corrected chi connectivity index (χ2v) is 8.86. The average molecular weight is 450 g/mol. The number of aromatic amines is 1. The molecule has 156 valence electrons. The van der Waals surface area contributed by atoms with E-state index in [0.29, 0.717) is 29.9 Å². The number of nitrogens with one attached hydrogen (secondary N) is 1. The summed E-state index contributed by atoms with van der Waals surface area (Å²) in [5.41, 5.74) is 3.42. The Balaban J connectivity index is 1.53. The van der Waals surface area contributed by atoms with Crippen LogP contribution in [0.1, 0.15) is 28.7 Å². The van der Waals surface area contributed by atoms with Gasteiger partial charge in [-0.25, -0.2) is 9.78 Å². The summed E-state index contributed by atoms with van der Waals surface area (Å²) in [6.07, 6.45) is 2.22. The van der Waals surface area contributed by atoms with Crippen molar-refractivity contribution >= 4 is 51.0 Å². The summed E-state index contributed by atoms with van der Waals surface area (Å²) < 4.78 is 5.30. The molecule has 4 heterocycles. The van der Waals surface area contributed by atoms with Crippen LogP contribution >= 0.6 is 22.7 Å². The Morgan fingerprint density at radius 1 is 1.19 bits per heavy atom. The number of hydrogen-bond acceptors (Lipinski definition) is 6. The number of amides is 1. The second-order valence-electron chi connectivity index (χ2n) is 7.05. The fourth-order valence-corrected chi connectivity index (χ4v) is 5.37. The first-order chi connectivity index (χ1) is 15.2. The minimum absolute atomic E-state index is 0.227. The molecule has 0 atom stereocenters. The molecule has 0 fully saturated rings. The Morgan fingerprint density at radius 3 is 2.87 bits per heavy atom. The van der Waals surface area contributed by atoms with Gasteiger partial charge in [-0.1, -0.05) is 24.3 Å². The van der Waals surface area contributed by atoms with Gasteiger partial charge in [0.1, 0.15) is 10.7 Å². The zero-order chi connectivity index (χ0) is 21.4. The fourth-order valence-electron chi connectivity index (χ4n) is 3.76. The van der Waals surface area contributed by atoms with E-state index in [1.54, 1.807) is 34.7 Å². The molecule has 4 aromatic rings. The number of fused-ring (bicyclic) bond motifs is 3. The largest absolute Gasteiger partial charge is 0.462 e. The highest BCUT2D eigenvalue weighted by atomic mass is 32.1. The third-order valence-electron chi connectivity index (χ3n) is 5.18. The second kappa shape index (κ2) is 8.13. The van der Waals surface area contributed by atoms with E-state index in [-0.39, 0.29) is 12.5 Å². The molecule has 1 aliphatic heterocycles. The van der Waals surface area contributed by atoms with Crippen molar-refractivity contribution in [1.29, 1.82) is 0 Å². The monoisotopic (exact) mass is 449 g/mol. The first-order valence-corrected chi connectivity index (χ1v) is 11.7. The number of thiophene rings is 1. The topological polar surface area (TPSA) is 75.3 Å². The van der Waals surface area contributed by atoms with Crippen LogP contribution in [0.4, 0.5) is 0 Å². The molecule has 6 nitrogen and oxygen atoms in total. The summed E-state index contributed by atoms with van der Waals surface area (Å²) in [7, 11) is 0. The third kappa shape index (κ3) is 3.58. The quantitative estimate of drug-likeness (QED) is 0.447. The third-order valence-corrected chi connectivity index (χ3v) is 7.06. The molecule has 5 rings (SSSR count). The number of ether oxygens (including phenoxy) is 1. The molecular formula is C23H19N3O3S2. The Hall–Kier alpha value is -3.23. The summed E-state index contributed by atoms with van der Waals surface area (Å²) in [6, 6.07) is 11.9. The number of H-pyrrole nitrogens is 1. The lowest BCUT2D eigenvalue weighted by Gasteiger charge is -2.16. The zero-order valence-corrected chi connectivity index (χ0v) is 18.4. The molecule has 1 aliphatic rings. The van der Waals surface area contributed by atoms with E-state index in [4.69, 9.17) is 4.74 Å². The van der Waals surface area contributed by atoms with E-state index < -0.39 is 5.97 Å². The van der Waals surface area contributed by atoms with Crippen molar-refractivity contribution in [2.75, 3.05) is 13.2 Å². The van der Waals surface area contributed by atoms with Gasteiger partial charge in [0, 0.05) is 29.0 Å². The van der Waals surface area contributed by atoms with E-state index in [1.165, 1.54) is 11.3 Å². The van der Waals surface area contributed by atoms with Gasteiger partial charge in [0.05, 0.1) is 22.8 Å². The summed E-state index contributed by atoms with van der Waals surface area (Å²) in [4.78, 5) is 36.5. The van der Waals surface area contributed by atoms with Crippen LogP contribution in [0.5, 0.6) is 0 Å². The number of thiazole rings is 1. The maximum atomic E-state index is 13.3. The number of rotatable bonds is 4. The Bertz CT molecular complexity index is 1300. The van der Waals surface area contributed by atoms with Crippen LogP contribution in [0.15, 0.2) is 53.4 Å². The van der Waals surface area contributed by atoms with Crippen molar-refractivity contribution in [3.05, 3.63) is 70.3 Å². The zero-order valence-electron chi connectivity index (χ0n) is 16.8. The van der Waals surface area contributed by atoms with Crippen molar-refractivity contribution in [2.24, 2.45) is 0 Å². The molecular weight excluding hydrogens is 430 g/mol. The van der Waals surface area contributed by atoms with Gasteiger partial charge in [-0.05, 0) is 36.4 Å². The SMILES string of the molecule is CCOC(=O)C1=CN(C(=O)c2csc(-c3cccs3)n2)CCc2c1[nH]c1ccccc21. The molecule has 0 bridgehead atoms. The smallest absolute Gasteiger partial charge is 0.341 e. The number of carbonyl (C=O) groups is 2. The van der Waals surface area contributed by atoms with Crippen LogP contribution in [0.2, 0.25) is 0 Å². The predicted octanol–water partition coefficient (Wildman–Crippen LogP) is 4.96. The summed E-state index contributed by atoms with van der Waals surface area (Å²) in [5, 5.41) is 5.63. The lowest BCUT2D eigenvalue weighted by molar-refractivity contribution is -0.136. The Labute approximate surface area is 186 Å². The first kappa shape index (κ1) is 19.7. The molecule has 1 amide bonds. The summed E-state index contributed by atoms with van der Waals surface area (Å²) >= 11 is 3.03. The number of benzene rings is 1. The number of nitrogens with zero attached hydrogens (tertiary/aromatic N) is 2. The van der Waals surface area contributed by atoms with E-state index in [9.17, 15) is 9.59 Å². The normalized spacial score (nSPS) is 13.6. The van der Waals surface area contributed by atoms with E-state index >= 15 is 0 Å². The molecule has 3 aromatic heterocycles. The number of hydrogen-bond donors (Lipinski definition) is 1. The molecule has 8 heteroatoms. The van der Waals surface area contributed by atoms with Crippen LogP contribution < -0.4 is 0 Å². The van der Waals surface area contributed by atoms with Crippen LogP contribution in [-0.2, 0) is 16.0 Å². The number of esters is 1. The van der Waals surface area contributed by atoms with Crippen molar-refractivity contribution in [3.8, 4) is 9.88 Å². The molecule has 0 aliphatic carbocycles. The summed E-state index contributed by atoms with van der Waals surface area (Å²) in [5.74, 6) is -0.678. The average Bonchev–Trinajstić information content (AvgIpc) is 3.51. The molecule has 0 unspecified atom stereocenters. The van der Waals surface area contributed by atoms with Gasteiger partial charge in [-0.15, -0.1) is 22.7 Å². The number of carbonyl (C=O) groups excluding carboxylic acids is 2. The molecule has 31 heavy (non-hydrogen) atoms. The van der Waals surface area contributed by atoms with Gasteiger partial charge in [0.15, 0.2) is 0 Å². The molecule has 0 saturated heterocycles. The van der Waals surface area contributed by atoms with Gasteiger partial charge in [0.2, 0.25) is 0 Å². The lowest BCUT2D eigenvalue weighted by atomic mass is 10.0. The number of para-hydroxylation sites is 1. The minimum atomic E-state index is -0.451. The fraction of sp³-hybridized carbons (Fsp3) is 0.174. The maximum Gasteiger partial charge on any atom is 0.341 e. The minimum Gasteiger partial charge on any atom is -0.462 e. The van der Waals surface area contributed by atoms with Gasteiger partial charge in [-0.2, -0.15) is 0 Å². The van der Waals surface area contributed by atoms with Crippen LogP contribution in [0, 0.1) is 0 Å². The molecule has 1 N–H and O–H groups in total. The van der Waals surface area contributed by atoms with E-state index in [1.807, 2.05) is 41.8 Å². The first-order valence-electron chi connectivity index (χ1n) is 9.95. The lowest BCUT2D eigenvalue weighted by Crippen LogP contribution is -2.28. The van der Waals surface area contributed by atoms with Crippen molar-refractivity contribution < 1.29 is 14.3 Å². The van der Waals surface area contributed by atoms with E-state index in [2.05, 4.69) is 9.97 Å². The molecule has 0 spiro atoms. The molecule has 0 radical (unpaired) electrons. The van der Waals surface area contributed by atoms with Crippen LogP contribution in [0.25, 0.3) is 26.4 Å². The van der Waals surface area contributed by atoms with E-state index in [0.717, 1.165) is 26.4 Å². The Morgan fingerprint density at radius 2 is 2.06 bits per heavy atom. The highest BCUT2D eigenvalue weighted by molar-refractivity contribution is 7.20.